The van der Waals surface area contributed by atoms with Gasteiger partial charge in [0.1, 0.15) is 5.75 Å². The average Bonchev–Trinajstić information content (AvgIpc) is 3.27. The van der Waals surface area contributed by atoms with Crippen LogP contribution in [-0.4, -0.2) is 24.3 Å². The minimum atomic E-state index is -0.690. The molecule has 0 saturated carbocycles. The Balaban J connectivity index is 1.79. The van der Waals surface area contributed by atoms with Crippen LogP contribution >= 0.6 is 33.9 Å². The van der Waals surface area contributed by atoms with Crippen LogP contribution < -0.4 is 19.6 Å². The first kappa shape index (κ1) is 28.0. The van der Waals surface area contributed by atoms with Gasteiger partial charge < -0.3 is 9.47 Å². The van der Waals surface area contributed by atoms with Crippen LogP contribution in [0.4, 0.5) is 0 Å². The van der Waals surface area contributed by atoms with Gasteiger partial charge in [-0.25, -0.2) is 9.79 Å². The zero-order valence-electron chi connectivity index (χ0n) is 22.7. The van der Waals surface area contributed by atoms with Crippen LogP contribution in [0.3, 0.4) is 0 Å². The Kier molecular flexibility index (Phi) is 8.37. The number of halogens is 1. The zero-order valence-corrected chi connectivity index (χ0v) is 25.7. The molecule has 6 nitrogen and oxygen atoms in total. The minimum absolute atomic E-state index is 0.207. The van der Waals surface area contributed by atoms with E-state index in [1.165, 1.54) is 16.9 Å². The van der Waals surface area contributed by atoms with E-state index in [4.69, 9.17) is 14.5 Å². The standard InChI is InChI=1S/C32H29IN2O4S/c1-5-39-31(37)27-28(22-9-7-6-8-10-22)34-32-35(29(27)23-14-12-21(13-15-23)19(2)3)30(36)26(40-32)18-20-11-16-25(38-4)24(33)17-20/h6-19,29H,5H2,1-4H3/b26-18+/t29-/m0/s1. The molecule has 1 atom stereocenters. The summed E-state index contributed by atoms with van der Waals surface area (Å²) in [4.78, 5) is 33.1. The molecular formula is C32H29IN2O4S. The molecule has 0 saturated heterocycles. The number of ether oxygens (including phenoxy) is 2. The summed E-state index contributed by atoms with van der Waals surface area (Å²) in [5.41, 5.74) is 4.32. The number of thiazole rings is 1. The van der Waals surface area contributed by atoms with Gasteiger partial charge in [0.15, 0.2) is 4.80 Å². The van der Waals surface area contributed by atoms with Crippen molar-refractivity contribution in [3.8, 4) is 5.75 Å². The molecule has 0 unspecified atom stereocenters. The van der Waals surface area contributed by atoms with E-state index < -0.39 is 12.0 Å². The molecule has 8 heteroatoms. The highest BCUT2D eigenvalue weighted by Crippen LogP contribution is 2.35. The summed E-state index contributed by atoms with van der Waals surface area (Å²) in [5.74, 6) is 0.640. The topological polar surface area (TPSA) is 69.9 Å². The van der Waals surface area contributed by atoms with Crippen molar-refractivity contribution >= 4 is 51.7 Å². The number of aromatic nitrogens is 1. The van der Waals surface area contributed by atoms with Crippen molar-refractivity contribution in [3.63, 3.8) is 0 Å². The molecule has 0 spiro atoms. The maximum atomic E-state index is 14.0. The number of carbonyl (C=O) groups is 1. The number of benzene rings is 3. The monoisotopic (exact) mass is 664 g/mol. The normalized spacial score (nSPS) is 15.2. The van der Waals surface area contributed by atoms with E-state index in [9.17, 15) is 9.59 Å². The van der Waals surface area contributed by atoms with Gasteiger partial charge in [0.2, 0.25) is 0 Å². The van der Waals surface area contributed by atoms with Crippen molar-refractivity contribution in [1.82, 2.24) is 4.57 Å². The summed E-state index contributed by atoms with van der Waals surface area (Å²) in [6.07, 6.45) is 1.86. The lowest BCUT2D eigenvalue weighted by molar-refractivity contribution is -0.138. The van der Waals surface area contributed by atoms with Crippen LogP contribution in [0.15, 0.2) is 88.2 Å². The summed E-state index contributed by atoms with van der Waals surface area (Å²) < 4.78 is 14.0. The molecule has 1 aliphatic rings. The Morgan fingerprint density at radius 1 is 1.10 bits per heavy atom. The summed E-state index contributed by atoms with van der Waals surface area (Å²) in [7, 11) is 1.63. The number of nitrogens with zero attached hydrogens (tertiary/aromatic N) is 2. The zero-order chi connectivity index (χ0) is 28.4. The van der Waals surface area contributed by atoms with Crippen LogP contribution in [0.5, 0.6) is 5.75 Å². The molecule has 1 aliphatic heterocycles. The largest absolute Gasteiger partial charge is 0.496 e. The van der Waals surface area contributed by atoms with Gasteiger partial charge in [-0.15, -0.1) is 0 Å². The van der Waals surface area contributed by atoms with Crippen LogP contribution in [-0.2, 0) is 9.53 Å². The van der Waals surface area contributed by atoms with Crippen LogP contribution in [0.25, 0.3) is 11.8 Å². The highest BCUT2D eigenvalue weighted by molar-refractivity contribution is 14.1. The number of fused-ring (bicyclic) bond motifs is 1. The van der Waals surface area contributed by atoms with E-state index >= 15 is 0 Å². The molecule has 0 aliphatic carbocycles. The second kappa shape index (κ2) is 11.9. The molecule has 40 heavy (non-hydrogen) atoms. The Morgan fingerprint density at radius 2 is 1.82 bits per heavy atom. The first-order chi connectivity index (χ1) is 19.3. The van der Waals surface area contributed by atoms with Crippen LogP contribution in [0, 0.1) is 3.57 Å². The molecule has 1 aromatic heterocycles. The minimum Gasteiger partial charge on any atom is -0.496 e. The molecule has 204 valence electrons. The molecule has 0 N–H and O–H groups in total. The number of rotatable bonds is 7. The van der Waals surface area contributed by atoms with Crippen molar-refractivity contribution in [2.75, 3.05) is 13.7 Å². The molecule has 0 amide bonds. The Morgan fingerprint density at radius 3 is 2.45 bits per heavy atom. The highest BCUT2D eigenvalue weighted by atomic mass is 127. The SMILES string of the molecule is CCOC(=O)C1=C(c2ccccc2)N=c2s/c(=C/c3ccc(OC)c(I)c3)c(=O)n2[C@H]1c1ccc(C(C)C)cc1. The predicted octanol–water partition coefficient (Wildman–Crippen LogP) is 5.67. The lowest BCUT2D eigenvalue weighted by Gasteiger charge is -2.26. The lowest BCUT2D eigenvalue weighted by Crippen LogP contribution is -2.40. The maximum Gasteiger partial charge on any atom is 0.338 e. The first-order valence-electron chi connectivity index (χ1n) is 13.0. The van der Waals surface area contributed by atoms with Crippen molar-refractivity contribution in [1.29, 1.82) is 0 Å². The Labute approximate surface area is 250 Å². The van der Waals surface area contributed by atoms with Gasteiger partial charge in [0, 0.05) is 5.56 Å². The number of carbonyl (C=O) groups excluding carboxylic acids is 1. The predicted molar refractivity (Wildman–Crippen MR) is 167 cm³/mol. The molecule has 5 rings (SSSR count). The molecule has 0 radical (unpaired) electrons. The number of esters is 1. The molecular weight excluding hydrogens is 635 g/mol. The molecule has 3 aromatic carbocycles. The van der Waals surface area contributed by atoms with E-state index in [1.54, 1.807) is 18.6 Å². The van der Waals surface area contributed by atoms with Crippen molar-refractivity contribution in [3.05, 3.63) is 124 Å². The number of hydrogen-bond donors (Lipinski definition) is 0. The van der Waals surface area contributed by atoms with Gasteiger partial charge >= 0.3 is 5.97 Å². The smallest absolute Gasteiger partial charge is 0.338 e. The fourth-order valence-electron chi connectivity index (χ4n) is 4.74. The Hall–Kier alpha value is -3.50. The maximum absolute atomic E-state index is 14.0. The number of methoxy groups -OCH3 is 1. The van der Waals surface area contributed by atoms with Gasteiger partial charge in [0.05, 0.1) is 39.1 Å². The molecule has 0 fully saturated rings. The third-order valence-corrected chi connectivity index (χ3v) is 8.59. The average molecular weight is 665 g/mol. The quantitative estimate of drug-likeness (QED) is 0.189. The fourth-order valence-corrected chi connectivity index (χ4v) is 6.50. The van der Waals surface area contributed by atoms with E-state index in [2.05, 4.69) is 48.6 Å². The highest BCUT2D eigenvalue weighted by Gasteiger charge is 2.35. The summed E-state index contributed by atoms with van der Waals surface area (Å²) in [6, 6.07) is 22.8. The van der Waals surface area contributed by atoms with Crippen molar-refractivity contribution < 1.29 is 14.3 Å². The number of hydrogen-bond acceptors (Lipinski definition) is 6. The van der Waals surface area contributed by atoms with E-state index in [-0.39, 0.29) is 12.2 Å². The summed E-state index contributed by atoms with van der Waals surface area (Å²) in [6.45, 7) is 6.26. The Bertz CT molecular complexity index is 1770. The van der Waals surface area contributed by atoms with E-state index in [0.717, 1.165) is 26.0 Å². The van der Waals surface area contributed by atoms with Gasteiger partial charge in [-0.3, -0.25) is 9.36 Å². The van der Waals surface area contributed by atoms with E-state index in [1.807, 2.05) is 66.7 Å². The van der Waals surface area contributed by atoms with Gasteiger partial charge in [-0.2, -0.15) is 0 Å². The van der Waals surface area contributed by atoms with Gasteiger partial charge in [-0.05, 0) is 70.3 Å². The second-order valence-electron chi connectivity index (χ2n) is 9.65. The van der Waals surface area contributed by atoms with E-state index in [0.29, 0.717) is 26.5 Å². The van der Waals surface area contributed by atoms with Gasteiger partial charge in [-0.1, -0.05) is 85.8 Å². The first-order valence-corrected chi connectivity index (χ1v) is 14.9. The fraction of sp³-hybridized carbons (Fsp3) is 0.219. The molecule has 0 bridgehead atoms. The second-order valence-corrected chi connectivity index (χ2v) is 11.8. The summed E-state index contributed by atoms with van der Waals surface area (Å²) >= 11 is 3.53. The van der Waals surface area contributed by atoms with Crippen LogP contribution in [0.2, 0.25) is 0 Å². The lowest BCUT2D eigenvalue weighted by atomic mass is 9.91. The van der Waals surface area contributed by atoms with Crippen LogP contribution in [0.1, 0.15) is 55.0 Å². The van der Waals surface area contributed by atoms with Crippen molar-refractivity contribution in [2.45, 2.75) is 32.7 Å². The summed E-state index contributed by atoms with van der Waals surface area (Å²) in [5, 5.41) is 0. The third kappa shape index (κ3) is 5.42. The molecule has 2 heterocycles. The molecule has 4 aromatic rings. The third-order valence-electron chi connectivity index (χ3n) is 6.77. The van der Waals surface area contributed by atoms with Crippen molar-refractivity contribution in [2.24, 2.45) is 4.99 Å². The van der Waals surface area contributed by atoms with Gasteiger partial charge in [0.25, 0.3) is 5.56 Å².